The fourth-order valence-corrected chi connectivity index (χ4v) is 4.64. The molecule has 2 aromatic carbocycles. The third-order valence-electron chi connectivity index (χ3n) is 4.08. The molecule has 1 fully saturated rings. The minimum Gasteiger partial charge on any atom is -0.490 e. The summed E-state index contributed by atoms with van der Waals surface area (Å²) in [6, 6.07) is 11.4. The van der Waals surface area contributed by atoms with Crippen LogP contribution in [0.5, 0.6) is 11.5 Å². The van der Waals surface area contributed by atoms with Gasteiger partial charge in [0, 0.05) is 18.7 Å². The topological polar surface area (TPSA) is 65.1 Å². The Hall–Kier alpha value is -1.68. The molecule has 0 saturated carbocycles. The third kappa shape index (κ3) is 4.83. The Morgan fingerprint density at radius 1 is 1.21 bits per heavy atom. The lowest BCUT2D eigenvalue weighted by atomic mass is 10.1. The smallest absolute Gasteiger partial charge is 0.339 e. The summed E-state index contributed by atoms with van der Waals surface area (Å²) in [4.78, 5) is 2.78. The van der Waals surface area contributed by atoms with E-state index in [0.29, 0.717) is 48.1 Å². The number of benzene rings is 2. The summed E-state index contributed by atoms with van der Waals surface area (Å²) < 4.78 is 42.1. The molecule has 0 aliphatic carbocycles. The van der Waals surface area contributed by atoms with Crippen LogP contribution in [0, 0.1) is 0 Å². The average molecular weight is 486 g/mol. The van der Waals surface area contributed by atoms with Gasteiger partial charge in [-0.25, -0.2) is 0 Å². The van der Waals surface area contributed by atoms with Crippen molar-refractivity contribution in [2.45, 2.75) is 11.8 Å². The second-order valence-corrected chi connectivity index (χ2v) is 8.76. The molecule has 6 nitrogen and oxygen atoms in total. The zero-order chi connectivity index (χ0) is 20.1. The van der Waals surface area contributed by atoms with Crippen molar-refractivity contribution in [3.8, 4) is 11.5 Å². The highest BCUT2D eigenvalue weighted by atomic mass is 79.9. The van der Waals surface area contributed by atoms with E-state index in [2.05, 4.69) is 20.8 Å². The Morgan fingerprint density at radius 3 is 2.54 bits per heavy atom. The SMILES string of the molecule is CCOc1cc(C(=S)N2CCOCC2)cc(Br)c1OS(=O)(=O)c1ccccc1. The van der Waals surface area contributed by atoms with Crippen molar-refractivity contribution in [3.05, 3.63) is 52.5 Å². The van der Waals surface area contributed by atoms with Crippen LogP contribution in [0.2, 0.25) is 0 Å². The molecular weight excluding hydrogens is 466 g/mol. The highest BCUT2D eigenvalue weighted by Gasteiger charge is 2.24. The van der Waals surface area contributed by atoms with Gasteiger partial charge in [0.1, 0.15) is 9.88 Å². The van der Waals surface area contributed by atoms with Crippen LogP contribution in [0.15, 0.2) is 51.8 Å². The van der Waals surface area contributed by atoms with Gasteiger partial charge in [0.05, 0.1) is 24.3 Å². The first-order valence-corrected chi connectivity index (χ1v) is 11.4. The lowest BCUT2D eigenvalue weighted by Gasteiger charge is -2.29. The fraction of sp³-hybridized carbons (Fsp3) is 0.316. The number of morpholine rings is 1. The Kier molecular flexibility index (Phi) is 6.92. The number of halogens is 1. The standard InChI is InChI=1S/C19H20BrNO5S2/c1-2-25-17-13-14(19(27)21-8-10-24-11-9-21)12-16(20)18(17)26-28(22,23)15-6-4-3-5-7-15/h3-7,12-13H,2,8-11H2,1H3. The van der Waals surface area contributed by atoms with E-state index < -0.39 is 10.1 Å². The first kappa shape index (κ1) is 21.0. The summed E-state index contributed by atoms with van der Waals surface area (Å²) in [6.45, 7) is 4.83. The predicted molar refractivity (Wildman–Crippen MR) is 114 cm³/mol. The predicted octanol–water partition coefficient (Wildman–Crippen LogP) is 3.62. The quantitative estimate of drug-likeness (QED) is 0.457. The molecule has 1 heterocycles. The molecular formula is C19H20BrNO5S2. The van der Waals surface area contributed by atoms with E-state index in [9.17, 15) is 8.42 Å². The van der Waals surface area contributed by atoms with Crippen molar-refractivity contribution in [1.29, 1.82) is 0 Å². The number of ether oxygens (including phenoxy) is 2. The van der Waals surface area contributed by atoms with Crippen LogP contribution in [0.3, 0.4) is 0 Å². The van der Waals surface area contributed by atoms with Gasteiger partial charge in [-0.05, 0) is 47.1 Å². The number of nitrogens with zero attached hydrogens (tertiary/aromatic N) is 1. The van der Waals surface area contributed by atoms with E-state index >= 15 is 0 Å². The third-order valence-corrected chi connectivity index (χ3v) is 6.40. The Labute approximate surface area is 178 Å². The van der Waals surface area contributed by atoms with Crippen molar-refractivity contribution in [2.75, 3.05) is 32.9 Å². The van der Waals surface area contributed by atoms with Crippen LogP contribution in [-0.4, -0.2) is 51.2 Å². The number of hydrogen-bond acceptors (Lipinski definition) is 6. The monoisotopic (exact) mass is 485 g/mol. The molecule has 1 aliphatic heterocycles. The summed E-state index contributed by atoms with van der Waals surface area (Å²) in [5.74, 6) is 0.404. The van der Waals surface area contributed by atoms with Crippen LogP contribution in [0.1, 0.15) is 12.5 Å². The molecule has 1 saturated heterocycles. The van der Waals surface area contributed by atoms with Crippen LogP contribution in [-0.2, 0) is 14.9 Å². The van der Waals surface area contributed by atoms with E-state index in [4.69, 9.17) is 25.9 Å². The van der Waals surface area contributed by atoms with Gasteiger partial charge < -0.3 is 18.6 Å². The van der Waals surface area contributed by atoms with Gasteiger partial charge >= 0.3 is 10.1 Å². The van der Waals surface area contributed by atoms with Gasteiger partial charge in [0.25, 0.3) is 0 Å². The van der Waals surface area contributed by atoms with Gasteiger partial charge in [-0.15, -0.1) is 0 Å². The molecule has 1 aliphatic rings. The lowest BCUT2D eigenvalue weighted by molar-refractivity contribution is 0.0693. The summed E-state index contributed by atoms with van der Waals surface area (Å²) in [5, 5.41) is 0. The molecule has 0 aromatic heterocycles. The van der Waals surface area contributed by atoms with Crippen molar-refractivity contribution in [2.24, 2.45) is 0 Å². The maximum absolute atomic E-state index is 12.6. The summed E-state index contributed by atoms with van der Waals surface area (Å²) in [6.07, 6.45) is 0. The van der Waals surface area contributed by atoms with Crippen LogP contribution in [0.4, 0.5) is 0 Å². The van der Waals surface area contributed by atoms with E-state index in [1.807, 2.05) is 6.92 Å². The molecule has 0 amide bonds. The van der Waals surface area contributed by atoms with Crippen molar-refractivity contribution in [3.63, 3.8) is 0 Å². The molecule has 150 valence electrons. The van der Waals surface area contributed by atoms with Crippen LogP contribution in [0.25, 0.3) is 0 Å². The van der Waals surface area contributed by atoms with E-state index in [1.165, 1.54) is 12.1 Å². The fourth-order valence-electron chi connectivity index (χ4n) is 2.73. The van der Waals surface area contributed by atoms with Gasteiger partial charge in [0.15, 0.2) is 11.5 Å². The average Bonchev–Trinajstić information content (AvgIpc) is 2.71. The zero-order valence-electron chi connectivity index (χ0n) is 15.3. The Bertz CT molecular complexity index is 944. The molecule has 0 radical (unpaired) electrons. The molecule has 3 rings (SSSR count). The number of hydrogen-bond donors (Lipinski definition) is 0. The molecule has 28 heavy (non-hydrogen) atoms. The highest BCUT2D eigenvalue weighted by molar-refractivity contribution is 9.10. The van der Waals surface area contributed by atoms with Crippen molar-refractivity contribution < 1.29 is 22.1 Å². The largest absolute Gasteiger partial charge is 0.490 e. The zero-order valence-corrected chi connectivity index (χ0v) is 18.5. The first-order chi connectivity index (χ1) is 13.4. The molecule has 9 heteroatoms. The van der Waals surface area contributed by atoms with Crippen LogP contribution >= 0.6 is 28.1 Å². The summed E-state index contributed by atoms with van der Waals surface area (Å²) >= 11 is 9.02. The summed E-state index contributed by atoms with van der Waals surface area (Å²) in [7, 11) is -4.00. The number of rotatable bonds is 6. The van der Waals surface area contributed by atoms with E-state index in [1.54, 1.807) is 30.3 Å². The van der Waals surface area contributed by atoms with Gasteiger partial charge in [0.2, 0.25) is 0 Å². The maximum atomic E-state index is 12.6. The molecule has 0 unspecified atom stereocenters. The molecule has 2 aromatic rings. The number of thiocarbonyl (C=S) groups is 1. The van der Waals surface area contributed by atoms with Gasteiger partial charge in [-0.1, -0.05) is 30.4 Å². The van der Waals surface area contributed by atoms with Crippen molar-refractivity contribution >= 4 is 43.3 Å². The Balaban J connectivity index is 1.94. The molecule has 0 spiro atoms. The highest BCUT2D eigenvalue weighted by Crippen LogP contribution is 2.39. The lowest BCUT2D eigenvalue weighted by Crippen LogP contribution is -2.40. The Morgan fingerprint density at radius 2 is 1.89 bits per heavy atom. The van der Waals surface area contributed by atoms with E-state index in [0.717, 1.165) is 5.56 Å². The summed E-state index contributed by atoms with van der Waals surface area (Å²) in [5.41, 5.74) is 0.747. The first-order valence-electron chi connectivity index (χ1n) is 8.75. The molecule has 0 bridgehead atoms. The minimum absolute atomic E-state index is 0.0669. The van der Waals surface area contributed by atoms with E-state index in [-0.39, 0.29) is 10.6 Å². The van der Waals surface area contributed by atoms with Gasteiger partial charge in [-0.3, -0.25) is 0 Å². The second-order valence-electron chi connectivity index (χ2n) is 5.97. The normalized spacial score (nSPS) is 14.6. The molecule has 0 atom stereocenters. The van der Waals surface area contributed by atoms with Crippen LogP contribution < -0.4 is 8.92 Å². The van der Waals surface area contributed by atoms with Crippen molar-refractivity contribution in [1.82, 2.24) is 4.90 Å². The minimum atomic E-state index is -4.00. The van der Waals surface area contributed by atoms with Gasteiger partial charge in [-0.2, -0.15) is 8.42 Å². The molecule has 0 N–H and O–H groups in total. The maximum Gasteiger partial charge on any atom is 0.339 e. The second kappa shape index (κ2) is 9.21.